The second kappa shape index (κ2) is 7.78. The van der Waals surface area contributed by atoms with Crippen LogP contribution in [-0.2, 0) is 0 Å². The Morgan fingerprint density at radius 1 is 1.30 bits per heavy atom. The molecule has 0 radical (unpaired) electrons. The molecule has 114 valence electrons. The van der Waals surface area contributed by atoms with Gasteiger partial charge in [-0.05, 0) is 34.2 Å². The lowest BCUT2D eigenvalue weighted by molar-refractivity contribution is 0.235. The van der Waals surface area contributed by atoms with Gasteiger partial charge in [0.1, 0.15) is 22.4 Å². The number of rotatable bonds is 7. The molecule has 1 heterocycles. The molecule has 0 aliphatic carbocycles. The first kappa shape index (κ1) is 17.2. The number of halogens is 1. The molecule has 3 N–H and O–H groups in total. The minimum atomic E-state index is 0.0319. The summed E-state index contributed by atoms with van der Waals surface area (Å²) in [6.45, 7) is 9.56. The number of nitrogens with one attached hydrogen (secondary N) is 2. The van der Waals surface area contributed by atoms with E-state index in [9.17, 15) is 5.11 Å². The number of hydrogen-bond donors (Lipinski definition) is 3. The van der Waals surface area contributed by atoms with Gasteiger partial charge in [0.05, 0.1) is 0 Å². The summed E-state index contributed by atoms with van der Waals surface area (Å²) < 4.78 is 0.834. The molecule has 1 aromatic rings. The maximum atomic E-state index is 9.22. The van der Waals surface area contributed by atoms with Crippen LogP contribution in [0, 0.1) is 5.41 Å². The van der Waals surface area contributed by atoms with Crippen molar-refractivity contribution in [2.24, 2.45) is 5.41 Å². The lowest BCUT2D eigenvalue weighted by Crippen LogP contribution is -2.35. The summed E-state index contributed by atoms with van der Waals surface area (Å²) in [7, 11) is 0. The Morgan fingerprint density at radius 2 is 1.95 bits per heavy atom. The van der Waals surface area contributed by atoms with E-state index in [2.05, 4.69) is 64.2 Å². The van der Waals surface area contributed by atoms with Gasteiger partial charge in [-0.15, -0.1) is 0 Å². The van der Waals surface area contributed by atoms with Gasteiger partial charge in [0.2, 0.25) is 0 Å². The van der Waals surface area contributed by atoms with Crippen LogP contribution in [0.2, 0.25) is 0 Å². The monoisotopic (exact) mass is 344 g/mol. The highest BCUT2D eigenvalue weighted by molar-refractivity contribution is 9.10. The summed E-state index contributed by atoms with van der Waals surface area (Å²) in [5.41, 5.74) is 0.0319. The second-order valence-electron chi connectivity index (χ2n) is 5.89. The molecule has 1 unspecified atom stereocenters. The molecule has 0 amide bonds. The normalized spacial score (nSPS) is 13.1. The molecule has 1 aromatic heterocycles. The topological polar surface area (TPSA) is 70.1 Å². The van der Waals surface area contributed by atoms with Crippen molar-refractivity contribution in [1.29, 1.82) is 0 Å². The van der Waals surface area contributed by atoms with Crippen LogP contribution in [0.25, 0.3) is 0 Å². The van der Waals surface area contributed by atoms with E-state index >= 15 is 0 Å². The van der Waals surface area contributed by atoms with Crippen LogP contribution in [0.1, 0.15) is 40.5 Å². The number of hydrogen-bond acceptors (Lipinski definition) is 5. The first-order chi connectivity index (χ1) is 9.40. The van der Waals surface area contributed by atoms with Crippen LogP contribution in [0.4, 0.5) is 11.6 Å². The SMILES string of the molecule is CCCNc1ncnc(NC(CCO)C(C)(C)C)c1Br. The fraction of sp³-hybridized carbons (Fsp3) is 0.714. The molecule has 1 rings (SSSR count). The molecule has 0 spiro atoms. The lowest BCUT2D eigenvalue weighted by atomic mass is 9.85. The first-order valence-electron chi connectivity index (χ1n) is 7.02. The van der Waals surface area contributed by atoms with Crippen molar-refractivity contribution in [2.75, 3.05) is 23.8 Å². The molecule has 0 aromatic carbocycles. The Hall–Kier alpha value is -0.880. The predicted octanol–water partition coefficient (Wildman–Crippen LogP) is 3.27. The molecule has 5 nitrogen and oxygen atoms in total. The van der Waals surface area contributed by atoms with Crippen molar-refractivity contribution in [3.63, 3.8) is 0 Å². The van der Waals surface area contributed by atoms with Crippen molar-refractivity contribution < 1.29 is 5.11 Å². The van der Waals surface area contributed by atoms with E-state index in [1.165, 1.54) is 0 Å². The summed E-state index contributed by atoms with van der Waals surface area (Å²) >= 11 is 3.55. The largest absolute Gasteiger partial charge is 0.396 e. The van der Waals surface area contributed by atoms with Crippen LogP contribution < -0.4 is 10.6 Å². The summed E-state index contributed by atoms with van der Waals surface area (Å²) in [4.78, 5) is 8.53. The van der Waals surface area contributed by atoms with Crippen LogP contribution >= 0.6 is 15.9 Å². The summed E-state index contributed by atoms with van der Waals surface area (Å²) in [6, 6.07) is 0.137. The maximum Gasteiger partial charge on any atom is 0.146 e. The molecule has 20 heavy (non-hydrogen) atoms. The molecule has 0 saturated carbocycles. The molecule has 6 heteroatoms. The Balaban J connectivity index is 2.90. The standard InChI is InChI=1S/C14H25BrN4O/c1-5-7-16-12-11(15)13(18-9-17-12)19-10(6-8-20)14(2,3)4/h9-10,20H,5-8H2,1-4H3,(H2,16,17,18,19). The van der Waals surface area contributed by atoms with Crippen molar-refractivity contribution in [3.05, 3.63) is 10.8 Å². The van der Waals surface area contributed by atoms with Crippen LogP contribution in [-0.4, -0.2) is 34.3 Å². The molecule has 0 saturated heterocycles. The zero-order valence-corrected chi connectivity index (χ0v) is 14.3. The Kier molecular flexibility index (Phi) is 6.68. The summed E-state index contributed by atoms with van der Waals surface area (Å²) in [5, 5.41) is 15.9. The van der Waals surface area contributed by atoms with Crippen molar-refractivity contribution in [3.8, 4) is 0 Å². The number of aliphatic hydroxyl groups excluding tert-OH is 1. The molecular weight excluding hydrogens is 320 g/mol. The van der Waals surface area contributed by atoms with E-state index in [4.69, 9.17) is 0 Å². The highest BCUT2D eigenvalue weighted by Crippen LogP contribution is 2.31. The highest BCUT2D eigenvalue weighted by atomic mass is 79.9. The fourth-order valence-corrected chi connectivity index (χ4v) is 2.31. The Bertz CT molecular complexity index is 420. The van der Waals surface area contributed by atoms with Gasteiger partial charge >= 0.3 is 0 Å². The maximum absolute atomic E-state index is 9.22. The highest BCUT2D eigenvalue weighted by Gasteiger charge is 2.25. The van der Waals surface area contributed by atoms with Crippen LogP contribution in [0.3, 0.4) is 0 Å². The number of aromatic nitrogens is 2. The smallest absolute Gasteiger partial charge is 0.146 e. The quantitative estimate of drug-likeness (QED) is 0.708. The second-order valence-corrected chi connectivity index (χ2v) is 6.68. The average molecular weight is 345 g/mol. The Morgan fingerprint density at radius 3 is 2.50 bits per heavy atom. The average Bonchev–Trinajstić information content (AvgIpc) is 2.38. The van der Waals surface area contributed by atoms with E-state index in [1.807, 2.05) is 0 Å². The van der Waals surface area contributed by atoms with E-state index in [0.717, 1.165) is 29.1 Å². The molecular formula is C14H25BrN4O. The number of anilines is 2. The lowest BCUT2D eigenvalue weighted by Gasteiger charge is -2.32. The van der Waals surface area contributed by atoms with E-state index in [0.29, 0.717) is 6.42 Å². The molecule has 0 fully saturated rings. The number of aliphatic hydroxyl groups is 1. The van der Waals surface area contributed by atoms with E-state index < -0.39 is 0 Å². The summed E-state index contributed by atoms with van der Waals surface area (Å²) in [6.07, 6.45) is 3.26. The van der Waals surface area contributed by atoms with Gasteiger partial charge in [-0.3, -0.25) is 0 Å². The van der Waals surface area contributed by atoms with Crippen molar-refractivity contribution in [2.45, 2.75) is 46.6 Å². The van der Waals surface area contributed by atoms with E-state index in [-0.39, 0.29) is 18.1 Å². The van der Waals surface area contributed by atoms with E-state index in [1.54, 1.807) is 6.33 Å². The van der Waals surface area contributed by atoms with Crippen molar-refractivity contribution >= 4 is 27.6 Å². The van der Waals surface area contributed by atoms with Crippen LogP contribution in [0.5, 0.6) is 0 Å². The van der Waals surface area contributed by atoms with Crippen LogP contribution in [0.15, 0.2) is 10.8 Å². The fourth-order valence-electron chi connectivity index (χ4n) is 1.85. The zero-order chi connectivity index (χ0) is 15.2. The first-order valence-corrected chi connectivity index (χ1v) is 7.81. The molecule has 1 atom stereocenters. The minimum absolute atomic E-state index is 0.0319. The predicted molar refractivity (Wildman–Crippen MR) is 87.1 cm³/mol. The minimum Gasteiger partial charge on any atom is -0.396 e. The zero-order valence-electron chi connectivity index (χ0n) is 12.7. The third-order valence-electron chi connectivity index (χ3n) is 3.11. The van der Waals surface area contributed by atoms with Gasteiger partial charge in [0, 0.05) is 19.2 Å². The Labute approximate surface area is 129 Å². The number of nitrogens with zero attached hydrogens (tertiary/aromatic N) is 2. The third-order valence-corrected chi connectivity index (χ3v) is 3.86. The van der Waals surface area contributed by atoms with Gasteiger partial charge in [-0.25, -0.2) is 9.97 Å². The van der Waals surface area contributed by atoms with Gasteiger partial charge in [-0.2, -0.15) is 0 Å². The third kappa shape index (κ3) is 4.90. The van der Waals surface area contributed by atoms with Gasteiger partial charge in [-0.1, -0.05) is 27.7 Å². The van der Waals surface area contributed by atoms with Gasteiger partial charge in [0.25, 0.3) is 0 Å². The van der Waals surface area contributed by atoms with Gasteiger partial charge in [0.15, 0.2) is 0 Å². The van der Waals surface area contributed by atoms with Gasteiger partial charge < -0.3 is 15.7 Å². The van der Waals surface area contributed by atoms with Crippen molar-refractivity contribution in [1.82, 2.24) is 9.97 Å². The molecule has 0 aliphatic heterocycles. The summed E-state index contributed by atoms with van der Waals surface area (Å²) in [5.74, 6) is 1.55. The molecule has 0 bridgehead atoms. The molecule has 0 aliphatic rings.